The second kappa shape index (κ2) is 9.99. The summed E-state index contributed by atoms with van der Waals surface area (Å²) in [6, 6.07) is 13.8. The zero-order valence-electron chi connectivity index (χ0n) is 17.6. The summed E-state index contributed by atoms with van der Waals surface area (Å²) in [7, 11) is 2.04. The number of piperazine rings is 1. The number of ether oxygens (including phenoxy) is 1. The van der Waals surface area contributed by atoms with Gasteiger partial charge in [0.2, 0.25) is 0 Å². The average molecular weight is 417 g/mol. The van der Waals surface area contributed by atoms with Gasteiger partial charge in [0.15, 0.2) is 6.54 Å². The molecule has 6 heteroatoms. The summed E-state index contributed by atoms with van der Waals surface area (Å²) in [5.41, 5.74) is 3.93. The number of amides is 1. The Bertz CT molecular complexity index is 817. The number of nitrogens with one attached hydrogen (secondary N) is 1. The maximum absolute atomic E-state index is 12.7. The maximum atomic E-state index is 12.7. The molecule has 1 unspecified atom stereocenters. The van der Waals surface area contributed by atoms with E-state index >= 15 is 0 Å². The Morgan fingerprint density at radius 2 is 1.76 bits per heavy atom. The van der Waals surface area contributed by atoms with Crippen molar-refractivity contribution in [1.82, 2.24) is 4.90 Å². The minimum Gasteiger partial charge on any atom is -0.488 e. The molecule has 29 heavy (non-hydrogen) atoms. The number of hydrogen-bond donors (Lipinski definition) is 1. The van der Waals surface area contributed by atoms with Gasteiger partial charge in [0.05, 0.1) is 7.05 Å². The van der Waals surface area contributed by atoms with Gasteiger partial charge < -0.3 is 19.4 Å². The van der Waals surface area contributed by atoms with E-state index in [0.717, 1.165) is 43.4 Å². The number of halogens is 1. The molecule has 0 spiro atoms. The molecule has 1 aliphatic heterocycles. The number of anilines is 1. The summed E-state index contributed by atoms with van der Waals surface area (Å²) in [6.45, 7) is 9.48. The van der Waals surface area contributed by atoms with Crippen LogP contribution in [-0.2, 0) is 4.79 Å². The lowest BCUT2D eigenvalue weighted by Gasteiger charge is -2.37. The molecule has 0 bridgehead atoms. The highest BCUT2D eigenvalue weighted by atomic mass is 35.5. The van der Waals surface area contributed by atoms with E-state index in [0.29, 0.717) is 18.2 Å². The summed E-state index contributed by atoms with van der Waals surface area (Å²) < 4.78 is 5.73. The first-order valence-electron chi connectivity index (χ1n) is 10.2. The molecule has 1 N–H and O–H groups in total. The summed E-state index contributed by atoms with van der Waals surface area (Å²) in [5.74, 6) is 1.02. The molecule has 156 valence electrons. The molecule has 1 atom stereocenters. The monoisotopic (exact) mass is 416 g/mol. The largest absolute Gasteiger partial charge is 0.488 e. The predicted molar refractivity (Wildman–Crippen MR) is 118 cm³/mol. The van der Waals surface area contributed by atoms with E-state index in [-0.39, 0.29) is 5.91 Å². The number of likely N-dealkylation sites (N-methyl/N-ethyl adjacent to an activating group) is 1. The predicted octanol–water partition coefficient (Wildman–Crippen LogP) is 2.20. The molecule has 0 radical (unpaired) electrons. The summed E-state index contributed by atoms with van der Waals surface area (Å²) in [4.78, 5) is 18.2. The van der Waals surface area contributed by atoms with Gasteiger partial charge in [-0.1, -0.05) is 23.7 Å². The summed E-state index contributed by atoms with van der Waals surface area (Å²) in [6.07, 6.45) is 0. The second-order valence-electron chi connectivity index (χ2n) is 7.77. The van der Waals surface area contributed by atoms with Crippen LogP contribution in [-0.4, -0.2) is 63.7 Å². The molecule has 5 nitrogen and oxygen atoms in total. The van der Waals surface area contributed by atoms with Crippen LogP contribution in [0.4, 0.5) is 5.69 Å². The van der Waals surface area contributed by atoms with Crippen LogP contribution in [0.3, 0.4) is 0 Å². The van der Waals surface area contributed by atoms with Gasteiger partial charge in [-0.15, -0.1) is 0 Å². The Labute approximate surface area is 178 Å². The van der Waals surface area contributed by atoms with E-state index in [1.807, 2.05) is 36.2 Å². The molecular formula is C23H31ClN3O2+. The molecule has 1 fully saturated rings. The number of carbonyl (C=O) groups excluding carboxylic acids is 1. The van der Waals surface area contributed by atoms with Crippen molar-refractivity contribution < 1.29 is 14.4 Å². The van der Waals surface area contributed by atoms with Gasteiger partial charge in [-0.3, -0.25) is 4.79 Å². The fourth-order valence-corrected chi connectivity index (χ4v) is 3.73. The lowest BCUT2D eigenvalue weighted by Crippen LogP contribution is -3.10. The van der Waals surface area contributed by atoms with Crippen LogP contribution in [0.15, 0.2) is 42.5 Å². The van der Waals surface area contributed by atoms with E-state index in [2.05, 4.69) is 36.9 Å². The van der Waals surface area contributed by atoms with Gasteiger partial charge in [-0.25, -0.2) is 0 Å². The zero-order chi connectivity index (χ0) is 20.8. The number of nitrogens with zero attached hydrogens (tertiary/aromatic N) is 2. The fourth-order valence-electron chi connectivity index (χ4n) is 3.61. The Hall–Kier alpha value is -2.24. The van der Waals surface area contributed by atoms with E-state index in [9.17, 15) is 4.79 Å². The first-order chi connectivity index (χ1) is 13.9. The number of hydrogen-bond acceptors (Lipinski definition) is 3. The van der Waals surface area contributed by atoms with Gasteiger partial charge in [0.25, 0.3) is 5.91 Å². The molecule has 1 heterocycles. The quantitative estimate of drug-likeness (QED) is 0.751. The van der Waals surface area contributed by atoms with Gasteiger partial charge in [-0.05, 0) is 55.3 Å². The smallest absolute Gasteiger partial charge is 0.277 e. The van der Waals surface area contributed by atoms with Crippen molar-refractivity contribution in [3.8, 4) is 5.75 Å². The van der Waals surface area contributed by atoms with Crippen LogP contribution in [0.2, 0.25) is 5.02 Å². The van der Waals surface area contributed by atoms with Crippen molar-refractivity contribution in [2.45, 2.75) is 13.8 Å². The van der Waals surface area contributed by atoms with E-state index in [1.165, 1.54) is 16.8 Å². The third-order valence-electron chi connectivity index (χ3n) is 5.61. The third-order valence-corrected chi connectivity index (χ3v) is 5.87. The molecule has 3 rings (SSSR count). The van der Waals surface area contributed by atoms with Crippen LogP contribution < -0.4 is 14.5 Å². The van der Waals surface area contributed by atoms with E-state index in [4.69, 9.17) is 16.3 Å². The van der Waals surface area contributed by atoms with Gasteiger partial charge in [-0.2, -0.15) is 0 Å². The minimum absolute atomic E-state index is 0.217. The maximum Gasteiger partial charge on any atom is 0.277 e. The fraction of sp³-hybridized carbons (Fsp3) is 0.435. The first-order valence-corrected chi connectivity index (χ1v) is 10.6. The molecule has 0 aliphatic carbocycles. The standard InChI is InChI=1S/C23H30ClN3O2/c1-18-5-4-6-22(19(18)2)26-11-13-27(14-12-26)23(28)17-25(3)15-16-29-21-9-7-20(24)8-10-21/h4-10H,11-17H2,1-3H3/p+1. The number of aryl methyl sites for hydroxylation is 1. The molecule has 0 saturated carbocycles. The molecular weight excluding hydrogens is 386 g/mol. The molecule has 1 saturated heterocycles. The highest BCUT2D eigenvalue weighted by Gasteiger charge is 2.24. The van der Waals surface area contributed by atoms with Crippen LogP contribution in [0.1, 0.15) is 11.1 Å². The van der Waals surface area contributed by atoms with Gasteiger partial charge in [0, 0.05) is 36.9 Å². The SMILES string of the molecule is Cc1cccc(N2CCN(C(=O)C[NH+](C)CCOc3ccc(Cl)cc3)CC2)c1C. The summed E-state index contributed by atoms with van der Waals surface area (Å²) in [5, 5.41) is 0.698. The van der Waals surface area contributed by atoms with Crippen molar-refractivity contribution in [3.63, 3.8) is 0 Å². The van der Waals surface area contributed by atoms with E-state index < -0.39 is 0 Å². The van der Waals surface area contributed by atoms with Gasteiger partial charge >= 0.3 is 0 Å². The Morgan fingerprint density at radius 3 is 2.45 bits per heavy atom. The normalized spacial score (nSPS) is 15.3. The third kappa shape index (κ3) is 5.87. The minimum atomic E-state index is 0.217. The van der Waals surface area contributed by atoms with Crippen LogP contribution in [0, 0.1) is 13.8 Å². The molecule has 0 aromatic heterocycles. The summed E-state index contributed by atoms with van der Waals surface area (Å²) >= 11 is 5.88. The van der Waals surface area contributed by atoms with Crippen molar-refractivity contribution in [1.29, 1.82) is 0 Å². The highest BCUT2D eigenvalue weighted by Crippen LogP contribution is 2.23. The topological polar surface area (TPSA) is 37.2 Å². The Kier molecular flexibility index (Phi) is 7.40. The van der Waals surface area contributed by atoms with Crippen molar-refractivity contribution in [3.05, 3.63) is 58.6 Å². The van der Waals surface area contributed by atoms with Gasteiger partial charge in [0.1, 0.15) is 18.9 Å². The molecule has 1 amide bonds. The lowest BCUT2D eigenvalue weighted by molar-refractivity contribution is -0.871. The van der Waals surface area contributed by atoms with Crippen LogP contribution in [0.5, 0.6) is 5.75 Å². The Morgan fingerprint density at radius 1 is 1.07 bits per heavy atom. The number of benzene rings is 2. The molecule has 2 aromatic carbocycles. The number of rotatable bonds is 7. The number of quaternary nitrogens is 1. The van der Waals surface area contributed by atoms with Crippen molar-refractivity contribution in [2.75, 3.05) is 57.8 Å². The van der Waals surface area contributed by atoms with E-state index in [1.54, 1.807) is 0 Å². The second-order valence-corrected chi connectivity index (χ2v) is 8.21. The molecule has 2 aromatic rings. The first kappa shape index (κ1) is 21.5. The highest BCUT2D eigenvalue weighted by molar-refractivity contribution is 6.30. The van der Waals surface area contributed by atoms with Crippen LogP contribution >= 0.6 is 11.6 Å². The number of carbonyl (C=O) groups is 1. The Balaban J connectivity index is 1.41. The zero-order valence-corrected chi connectivity index (χ0v) is 18.3. The molecule has 1 aliphatic rings. The average Bonchev–Trinajstić information content (AvgIpc) is 2.71. The van der Waals surface area contributed by atoms with Crippen LogP contribution in [0.25, 0.3) is 0 Å². The van der Waals surface area contributed by atoms with Crippen molar-refractivity contribution in [2.24, 2.45) is 0 Å². The lowest BCUT2D eigenvalue weighted by atomic mass is 10.1. The van der Waals surface area contributed by atoms with Crippen molar-refractivity contribution >= 4 is 23.2 Å².